The predicted molar refractivity (Wildman–Crippen MR) is 210 cm³/mol. The predicted octanol–water partition coefficient (Wildman–Crippen LogP) is 13.8. The zero-order chi connectivity index (χ0) is 32.1. The lowest BCUT2D eigenvalue weighted by atomic mass is 9.86. The number of hydrogen-bond donors (Lipinski definition) is 0. The molecule has 0 bridgehead atoms. The summed E-state index contributed by atoms with van der Waals surface area (Å²) >= 11 is 0. The van der Waals surface area contributed by atoms with Crippen LogP contribution in [0.1, 0.15) is 0 Å². The summed E-state index contributed by atoms with van der Waals surface area (Å²) in [5.74, 6) is 0. The van der Waals surface area contributed by atoms with Crippen LogP contribution in [-0.4, -0.2) is 0 Å². The molecular weight excluding hydrogens is 593 g/mol. The van der Waals surface area contributed by atoms with Crippen LogP contribution in [0.2, 0.25) is 0 Å². The molecule has 0 aliphatic carbocycles. The first-order chi connectivity index (χ1) is 24.3. The standard InChI is InChI=1S/C48H28O/c1-2-10-34-31(9-1)21-26-43-38-24-22-33(28-45(38)49-48(34)43)30-19-17-29(18-20-30)32-23-25-42-44(27-32)37-13-5-8-16-41(37)46-39-14-6-3-11-35(39)36-12-4-7-15-40(36)47(42)46/h1-28H. The molecule has 0 atom stereocenters. The van der Waals surface area contributed by atoms with E-state index >= 15 is 0 Å². The zero-order valence-corrected chi connectivity index (χ0v) is 26.6. The van der Waals surface area contributed by atoms with E-state index < -0.39 is 0 Å². The van der Waals surface area contributed by atoms with E-state index in [2.05, 4.69) is 170 Å². The molecule has 10 aromatic carbocycles. The molecule has 0 amide bonds. The maximum Gasteiger partial charge on any atom is 0.143 e. The van der Waals surface area contributed by atoms with Gasteiger partial charge in [-0.3, -0.25) is 0 Å². The third-order valence-electron chi connectivity index (χ3n) is 10.6. The monoisotopic (exact) mass is 620 g/mol. The van der Waals surface area contributed by atoms with Crippen LogP contribution in [0, 0.1) is 0 Å². The highest BCUT2D eigenvalue weighted by Crippen LogP contribution is 2.45. The van der Waals surface area contributed by atoms with E-state index in [1.54, 1.807) is 0 Å². The molecule has 0 aliphatic heterocycles. The van der Waals surface area contributed by atoms with Crippen molar-refractivity contribution in [2.45, 2.75) is 0 Å². The summed E-state index contributed by atoms with van der Waals surface area (Å²) in [6.07, 6.45) is 0. The molecule has 0 unspecified atom stereocenters. The van der Waals surface area contributed by atoms with Gasteiger partial charge < -0.3 is 4.42 Å². The maximum absolute atomic E-state index is 6.48. The summed E-state index contributed by atoms with van der Waals surface area (Å²) < 4.78 is 6.48. The summed E-state index contributed by atoms with van der Waals surface area (Å²) in [5.41, 5.74) is 6.62. The number of benzene rings is 10. The molecule has 11 aromatic rings. The Kier molecular flexibility index (Phi) is 5.45. The lowest BCUT2D eigenvalue weighted by Crippen LogP contribution is -1.89. The van der Waals surface area contributed by atoms with Crippen LogP contribution in [0.25, 0.3) is 109 Å². The second kappa shape index (κ2) is 10.0. The van der Waals surface area contributed by atoms with Crippen molar-refractivity contribution in [1.82, 2.24) is 0 Å². The summed E-state index contributed by atoms with van der Waals surface area (Å²) in [5, 5.41) is 17.7. The van der Waals surface area contributed by atoms with Crippen molar-refractivity contribution in [2.24, 2.45) is 0 Å². The van der Waals surface area contributed by atoms with Crippen molar-refractivity contribution >= 4 is 86.6 Å². The number of fused-ring (bicyclic) bond motifs is 16. The minimum Gasteiger partial charge on any atom is -0.455 e. The van der Waals surface area contributed by atoms with E-state index in [-0.39, 0.29) is 0 Å². The Morgan fingerprint density at radius 2 is 0.694 bits per heavy atom. The van der Waals surface area contributed by atoms with Crippen LogP contribution in [0.15, 0.2) is 174 Å². The van der Waals surface area contributed by atoms with E-state index in [4.69, 9.17) is 4.42 Å². The van der Waals surface area contributed by atoms with Gasteiger partial charge in [-0.2, -0.15) is 0 Å². The highest BCUT2D eigenvalue weighted by molar-refractivity contribution is 6.39. The zero-order valence-electron chi connectivity index (χ0n) is 26.6. The van der Waals surface area contributed by atoms with Gasteiger partial charge in [-0.05, 0) is 106 Å². The molecular formula is C48H28O. The quantitative estimate of drug-likeness (QED) is 0.175. The second-order valence-corrected chi connectivity index (χ2v) is 13.2. The Bertz CT molecular complexity index is 3140. The van der Waals surface area contributed by atoms with Crippen molar-refractivity contribution in [3.63, 3.8) is 0 Å². The lowest BCUT2D eigenvalue weighted by Gasteiger charge is -2.17. The number of rotatable bonds is 2. The van der Waals surface area contributed by atoms with Gasteiger partial charge in [0.25, 0.3) is 0 Å². The Balaban J connectivity index is 1.06. The molecule has 226 valence electrons. The molecule has 1 nitrogen and oxygen atoms in total. The first-order valence-electron chi connectivity index (χ1n) is 16.9. The molecule has 1 heterocycles. The van der Waals surface area contributed by atoms with E-state index in [0.29, 0.717) is 0 Å². The van der Waals surface area contributed by atoms with Gasteiger partial charge in [0.15, 0.2) is 0 Å². The molecule has 0 saturated carbocycles. The van der Waals surface area contributed by atoms with Gasteiger partial charge in [-0.15, -0.1) is 0 Å². The Morgan fingerprint density at radius 1 is 0.265 bits per heavy atom. The highest BCUT2D eigenvalue weighted by atomic mass is 16.3. The van der Waals surface area contributed by atoms with Gasteiger partial charge in [0.05, 0.1) is 0 Å². The van der Waals surface area contributed by atoms with Gasteiger partial charge >= 0.3 is 0 Å². The van der Waals surface area contributed by atoms with Gasteiger partial charge in [0, 0.05) is 16.2 Å². The normalized spacial score (nSPS) is 12.1. The highest BCUT2D eigenvalue weighted by Gasteiger charge is 2.16. The van der Waals surface area contributed by atoms with Crippen LogP contribution < -0.4 is 0 Å². The average Bonchev–Trinajstić information content (AvgIpc) is 3.56. The molecule has 0 radical (unpaired) electrons. The molecule has 1 heteroatoms. The Hall–Kier alpha value is -6.44. The van der Waals surface area contributed by atoms with Crippen LogP contribution in [0.4, 0.5) is 0 Å². The molecule has 11 rings (SSSR count). The fourth-order valence-electron chi connectivity index (χ4n) is 8.34. The molecule has 0 N–H and O–H groups in total. The molecule has 0 aliphatic rings. The van der Waals surface area contributed by atoms with E-state index in [0.717, 1.165) is 32.9 Å². The SMILES string of the molecule is c1ccc2c(c1)ccc1c3ccc(-c4ccc(-c5ccc6c(c5)c5ccccc5c5c7ccccc7c7ccccc7c65)cc4)cc3oc21. The van der Waals surface area contributed by atoms with Crippen LogP contribution in [0.5, 0.6) is 0 Å². The molecule has 49 heavy (non-hydrogen) atoms. The Morgan fingerprint density at radius 3 is 1.31 bits per heavy atom. The molecule has 0 spiro atoms. The molecule has 0 saturated heterocycles. The van der Waals surface area contributed by atoms with Gasteiger partial charge in [0.2, 0.25) is 0 Å². The van der Waals surface area contributed by atoms with Crippen molar-refractivity contribution in [2.75, 3.05) is 0 Å². The minimum atomic E-state index is 0.918. The smallest absolute Gasteiger partial charge is 0.143 e. The average molecular weight is 621 g/mol. The first-order valence-corrected chi connectivity index (χ1v) is 16.9. The topological polar surface area (TPSA) is 13.1 Å². The Labute approximate surface area is 282 Å². The van der Waals surface area contributed by atoms with E-state index in [9.17, 15) is 0 Å². The van der Waals surface area contributed by atoms with E-state index in [1.807, 2.05) is 0 Å². The van der Waals surface area contributed by atoms with Gasteiger partial charge in [0.1, 0.15) is 11.2 Å². The van der Waals surface area contributed by atoms with E-state index in [1.165, 1.54) is 75.9 Å². The summed E-state index contributed by atoms with van der Waals surface area (Å²) in [4.78, 5) is 0. The fourth-order valence-corrected chi connectivity index (χ4v) is 8.34. The van der Waals surface area contributed by atoms with Crippen LogP contribution in [0.3, 0.4) is 0 Å². The third kappa shape index (κ3) is 3.82. The minimum absolute atomic E-state index is 0.918. The summed E-state index contributed by atoms with van der Waals surface area (Å²) in [6.45, 7) is 0. The third-order valence-corrected chi connectivity index (χ3v) is 10.6. The van der Waals surface area contributed by atoms with Gasteiger partial charge in [-0.1, -0.05) is 146 Å². The fraction of sp³-hybridized carbons (Fsp3) is 0. The summed E-state index contributed by atoms with van der Waals surface area (Å²) in [6, 6.07) is 62.0. The molecule has 1 aromatic heterocycles. The van der Waals surface area contributed by atoms with Crippen LogP contribution in [-0.2, 0) is 0 Å². The van der Waals surface area contributed by atoms with Crippen molar-refractivity contribution in [3.8, 4) is 22.3 Å². The summed E-state index contributed by atoms with van der Waals surface area (Å²) in [7, 11) is 0. The lowest BCUT2D eigenvalue weighted by molar-refractivity contribution is 0.673. The molecule has 0 fully saturated rings. The largest absolute Gasteiger partial charge is 0.455 e. The van der Waals surface area contributed by atoms with Gasteiger partial charge in [-0.25, -0.2) is 0 Å². The maximum atomic E-state index is 6.48. The first kappa shape index (κ1) is 26.6. The second-order valence-electron chi connectivity index (χ2n) is 13.2. The van der Waals surface area contributed by atoms with Crippen molar-refractivity contribution < 1.29 is 4.42 Å². The van der Waals surface area contributed by atoms with Crippen molar-refractivity contribution in [3.05, 3.63) is 170 Å². The van der Waals surface area contributed by atoms with Crippen molar-refractivity contribution in [1.29, 1.82) is 0 Å². The number of hydrogen-bond acceptors (Lipinski definition) is 1. The number of furan rings is 1. The van der Waals surface area contributed by atoms with Crippen LogP contribution >= 0.6 is 0 Å².